The Balaban J connectivity index is 1.42. The number of aromatic nitrogens is 2. The fourth-order valence-corrected chi connectivity index (χ4v) is 3.88. The summed E-state index contributed by atoms with van der Waals surface area (Å²) in [6.45, 7) is 0.324. The summed E-state index contributed by atoms with van der Waals surface area (Å²) in [6.07, 6.45) is 4.07. The number of amides is 1. The van der Waals surface area contributed by atoms with Crippen molar-refractivity contribution >= 4 is 28.9 Å². The van der Waals surface area contributed by atoms with Crippen molar-refractivity contribution in [3.05, 3.63) is 84.1 Å². The van der Waals surface area contributed by atoms with E-state index in [0.29, 0.717) is 40.9 Å². The quantitative estimate of drug-likeness (QED) is 0.351. The molecule has 0 unspecified atom stereocenters. The highest BCUT2D eigenvalue weighted by atomic mass is 16.5. The van der Waals surface area contributed by atoms with Gasteiger partial charge >= 0.3 is 0 Å². The van der Waals surface area contributed by atoms with Gasteiger partial charge in [-0.2, -0.15) is 0 Å². The van der Waals surface area contributed by atoms with Crippen LogP contribution in [0, 0.1) is 0 Å². The second-order valence-electron chi connectivity index (χ2n) is 8.60. The van der Waals surface area contributed by atoms with Crippen LogP contribution in [0.15, 0.2) is 72.9 Å². The van der Waals surface area contributed by atoms with E-state index in [0.717, 1.165) is 35.4 Å². The molecule has 8 bridgehead atoms. The van der Waals surface area contributed by atoms with Gasteiger partial charge in [-0.3, -0.25) is 4.79 Å². The molecule has 5 heterocycles. The van der Waals surface area contributed by atoms with Crippen molar-refractivity contribution in [3.63, 3.8) is 0 Å². The third kappa shape index (κ3) is 4.59. The molecule has 174 valence electrons. The zero-order valence-electron chi connectivity index (χ0n) is 18.8. The van der Waals surface area contributed by atoms with Gasteiger partial charge in [-0.15, -0.1) is 0 Å². The molecule has 1 saturated carbocycles. The normalized spacial score (nSPS) is 14.7. The molecule has 1 fully saturated rings. The van der Waals surface area contributed by atoms with Crippen molar-refractivity contribution in [1.82, 2.24) is 9.97 Å². The second kappa shape index (κ2) is 8.64. The first kappa shape index (κ1) is 21.0. The van der Waals surface area contributed by atoms with Gasteiger partial charge in [0, 0.05) is 39.9 Å². The molecule has 1 aliphatic carbocycles. The zero-order chi connectivity index (χ0) is 23.8. The molecular weight excluding hydrogens is 442 g/mol. The Bertz CT molecular complexity index is 1420. The van der Waals surface area contributed by atoms with E-state index in [1.54, 1.807) is 42.6 Å². The van der Waals surface area contributed by atoms with Crippen LogP contribution in [-0.4, -0.2) is 22.0 Å². The predicted molar refractivity (Wildman–Crippen MR) is 134 cm³/mol. The van der Waals surface area contributed by atoms with E-state index in [1.807, 2.05) is 30.3 Å². The number of carbonyl (C=O) groups is 1. The molecule has 8 nitrogen and oxygen atoms in total. The molecule has 0 saturated heterocycles. The summed E-state index contributed by atoms with van der Waals surface area (Å²) >= 11 is 0. The van der Waals surface area contributed by atoms with Gasteiger partial charge in [-0.1, -0.05) is 0 Å². The highest BCUT2D eigenvalue weighted by molar-refractivity contribution is 6.05. The molecule has 0 radical (unpaired) electrons. The van der Waals surface area contributed by atoms with Crippen LogP contribution in [-0.2, 0) is 6.61 Å². The Hall–Kier alpha value is -4.59. The average molecular weight is 466 g/mol. The maximum Gasteiger partial charge on any atom is 0.255 e. The van der Waals surface area contributed by atoms with Gasteiger partial charge < -0.3 is 25.8 Å². The SMILES string of the molecule is Nc1cc2ccc1-c1ccnc(n1)Nc1ccc(OC3CC3)c(c1)COc1ccc(cc1)NC2=O. The minimum absolute atomic E-state index is 0.252. The molecule has 5 aliphatic rings. The van der Waals surface area contributed by atoms with Crippen LogP contribution in [0.1, 0.15) is 28.8 Å². The number of anilines is 4. The lowest BCUT2D eigenvalue weighted by Gasteiger charge is -2.15. The van der Waals surface area contributed by atoms with Gasteiger partial charge in [0.2, 0.25) is 5.95 Å². The molecule has 4 N–H and O–H groups in total. The van der Waals surface area contributed by atoms with Gasteiger partial charge in [0.1, 0.15) is 18.1 Å². The highest BCUT2D eigenvalue weighted by Gasteiger charge is 2.25. The molecule has 1 amide bonds. The van der Waals surface area contributed by atoms with Crippen molar-refractivity contribution < 1.29 is 14.3 Å². The number of hydrogen-bond acceptors (Lipinski definition) is 7. The minimum Gasteiger partial charge on any atom is -0.490 e. The number of ether oxygens (including phenoxy) is 2. The van der Waals surface area contributed by atoms with Crippen molar-refractivity contribution in [1.29, 1.82) is 0 Å². The Labute approximate surface area is 202 Å². The number of rotatable bonds is 2. The Morgan fingerprint density at radius 3 is 2.57 bits per heavy atom. The lowest BCUT2D eigenvalue weighted by atomic mass is 10.1. The zero-order valence-corrected chi connectivity index (χ0v) is 18.8. The first-order valence-corrected chi connectivity index (χ1v) is 11.4. The monoisotopic (exact) mass is 465 g/mol. The Morgan fingerprint density at radius 2 is 1.77 bits per heavy atom. The first-order chi connectivity index (χ1) is 17.1. The number of benzene rings is 3. The molecule has 0 atom stereocenters. The number of nitrogens with zero attached hydrogens (tertiary/aromatic N) is 2. The first-order valence-electron chi connectivity index (χ1n) is 11.4. The molecule has 35 heavy (non-hydrogen) atoms. The number of nitrogens with two attached hydrogens (primary N) is 1. The predicted octanol–water partition coefficient (Wildman–Crippen LogP) is 5.16. The summed E-state index contributed by atoms with van der Waals surface area (Å²) in [5.41, 5.74) is 11.0. The lowest BCUT2D eigenvalue weighted by Crippen LogP contribution is -2.12. The van der Waals surface area contributed by atoms with Crippen molar-refractivity contribution in [2.45, 2.75) is 25.6 Å². The number of hydrogen-bond donors (Lipinski definition) is 3. The maximum absolute atomic E-state index is 12.8. The van der Waals surface area contributed by atoms with Crippen LogP contribution in [0.4, 0.5) is 23.0 Å². The van der Waals surface area contributed by atoms with Gasteiger partial charge in [0.25, 0.3) is 5.91 Å². The third-order valence-corrected chi connectivity index (χ3v) is 5.89. The topological polar surface area (TPSA) is 111 Å². The van der Waals surface area contributed by atoms with Crippen LogP contribution in [0.3, 0.4) is 0 Å². The van der Waals surface area contributed by atoms with Gasteiger partial charge in [0.15, 0.2) is 0 Å². The smallest absolute Gasteiger partial charge is 0.255 e. The van der Waals surface area contributed by atoms with E-state index in [2.05, 4.69) is 20.6 Å². The molecule has 4 aliphatic heterocycles. The molecule has 3 aromatic carbocycles. The maximum atomic E-state index is 12.8. The summed E-state index contributed by atoms with van der Waals surface area (Å²) in [5, 5.41) is 6.16. The Kier molecular flexibility index (Phi) is 5.18. The second-order valence-corrected chi connectivity index (χ2v) is 8.60. The van der Waals surface area contributed by atoms with Crippen LogP contribution in [0.25, 0.3) is 11.3 Å². The Morgan fingerprint density at radius 1 is 0.943 bits per heavy atom. The van der Waals surface area contributed by atoms with E-state index in [1.165, 1.54) is 0 Å². The van der Waals surface area contributed by atoms with Crippen molar-refractivity contribution in [2.75, 3.05) is 16.4 Å². The summed E-state index contributed by atoms with van der Waals surface area (Å²) in [5.74, 6) is 1.66. The van der Waals surface area contributed by atoms with E-state index in [4.69, 9.17) is 15.2 Å². The van der Waals surface area contributed by atoms with Gasteiger partial charge in [-0.25, -0.2) is 9.97 Å². The fraction of sp³-hybridized carbons (Fsp3) is 0.148. The molecule has 8 heteroatoms. The molecule has 0 spiro atoms. The fourth-order valence-electron chi connectivity index (χ4n) is 3.88. The number of carbonyl (C=O) groups excluding carboxylic acids is 1. The number of nitrogen functional groups attached to an aromatic ring is 1. The van der Waals surface area contributed by atoms with E-state index in [-0.39, 0.29) is 12.0 Å². The van der Waals surface area contributed by atoms with Gasteiger partial charge in [0.05, 0.1) is 11.8 Å². The summed E-state index contributed by atoms with van der Waals surface area (Å²) in [7, 11) is 0. The van der Waals surface area contributed by atoms with Crippen LogP contribution < -0.4 is 25.8 Å². The van der Waals surface area contributed by atoms with E-state index >= 15 is 0 Å². The highest BCUT2D eigenvalue weighted by Crippen LogP contribution is 2.33. The molecule has 4 aromatic rings. The van der Waals surface area contributed by atoms with Gasteiger partial charge in [-0.05, 0) is 79.6 Å². The average Bonchev–Trinajstić information content (AvgIpc) is 3.68. The van der Waals surface area contributed by atoms with Crippen LogP contribution in [0.5, 0.6) is 11.5 Å². The van der Waals surface area contributed by atoms with E-state index < -0.39 is 0 Å². The standard InChI is InChI=1S/C27H23N5O3/c28-23-14-16-1-9-22(23)24-11-12-29-27(32-24)31-19-4-10-25(35-21-7-8-21)17(13-19)15-34-20-5-2-18(3-6-20)30-26(16)33/h1-6,9-14,21H,7-8,15,28H2,(H,30,33)(H,29,31,32). The van der Waals surface area contributed by atoms with Crippen LogP contribution >= 0.6 is 0 Å². The lowest BCUT2D eigenvalue weighted by molar-refractivity contribution is 0.102. The molecular formula is C27H23N5O3. The van der Waals surface area contributed by atoms with E-state index in [9.17, 15) is 4.79 Å². The minimum atomic E-state index is -0.252. The third-order valence-electron chi connectivity index (χ3n) is 5.89. The summed E-state index contributed by atoms with van der Waals surface area (Å²) in [4.78, 5) is 21.8. The summed E-state index contributed by atoms with van der Waals surface area (Å²) < 4.78 is 12.1. The largest absolute Gasteiger partial charge is 0.490 e. The number of nitrogens with one attached hydrogen (secondary N) is 2. The van der Waals surface area contributed by atoms with Crippen LogP contribution in [0.2, 0.25) is 0 Å². The van der Waals surface area contributed by atoms with Crippen molar-refractivity contribution in [2.24, 2.45) is 0 Å². The molecule has 9 rings (SSSR count). The molecule has 1 aromatic heterocycles. The van der Waals surface area contributed by atoms with Crippen molar-refractivity contribution in [3.8, 4) is 22.8 Å². The summed E-state index contributed by atoms with van der Waals surface area (Å²) in [6, 6.07) is 20.1.